The predicted octanol–water partition coefficient (Wildman–Crippen LogP) is 4.62. The Balaban J connectivity index is 1.69. The highest BCUT2D eigenvalue weighted by atomic mass is 35.5. The highest BCUT2D eigenvalue weighted by molar-refractivity contribution is 6.30. The molecule has 0 N–H and O–H groups in total. The van der Waals surface area contributed by atoms with Crippen LogP contribution in [0.3, 0.4) is 0 Å². The number of carbonyl (C=O) groups excluding carboxylic acids is 4. The van der Waals surface area contributed by atoms with Crippen LogP contribution in [0.2, 0.25) is 5.02 Å². The fourth-order valence-corrected chi connectivity index (χ4v) is 4.85. The fraction of sp³-hybridized carbons (Fsp3) is 0.385. The van der Waals surface area contributed by atoms with E-state index < -0.39 is 36.1 Å². The lowest BCUT2D eigenvalue weighted by Gasteiger charge is -2.30. The third kappa shape index (κ3) is 4.44. The molecule has 2 aromatic rings. The van der Waals surface area contributed by atoms with Gasteiger partial charge in [-0.15, -0.1) is 0 Å². The zero-order valence-electron chi connectivity index (χ0n) is 19.0. The van der Waals surface area contributed by atoms with Gasteiger partial charge < -0.3 is 0 Å². The van der Waals surface area contributed by atoms with Crippen LogP contribution in [-0.2, 0) is 9.59 Å². The molecule has 1 aliphatic carbocycles. The molecule has 6 nitrogen and oxygen atoms in total. The Morgan fingerprint density at radius 3 is 2.24 bits per heavy atom. The maximum absolute atomic E-state index is 13.5. The van der Waals surface area contributed by atoms with Gasteiger partial charge in [0.05, 0.1) is 11.8 Å². The second-order valence-corrected chi connectivity index (χ2v) is 9.65. The summed E-state index contributed by atoms with van der Waals surface area (Å²) in [4.78, 5) is 53.3. The van der Waals surface area contributed by atoms with Crippen LogP contribution in [0.15, 0.2) is 42.5 Å². The number of benzene rings is 2. The first-order valence-electron chi connectivity index (χ1n) is 11.2. The zero-order valence-corrected chi connectivity index (χ0v) is 19.8. The third-order valence-corrected chi connectivity index (χ3v) is 7.11. The largest absolute Gasteiger partial charge is 0.292 e. The summed E-state index contributed by atoms with van der Waals surface area (Å²) >= 11 is 5.96. The monoisotopic (exact) mass is 466 g/mol. The molecule has 7 heteroatoms. The maximum Gasteiger partial charge on any atom is 0.273 e. The van der Waals surface area contributed by atoms with Crippen LogP contribution < -0.4 is 0 Å². The fourth-order valence-electron chi connectivity index (χ4n) is 4.73. The van der Waals surface area contributed by atoms with Crippen LogP contribution in [0.5, 0.6) is 0 Å². The molecule has 0 spiro atoms. The van der Waals surface area contributed by atoms with E-state index in [1.54, 1.807) is 24.3 Å². The normalized spacial score (nSPS) is 22.3. The second-order valence-electron chi connectivity index (χ2n) is 9.21. The van der Waals surface area contributed by atoms with Gasteiger partial charge in [0.1, 0.15) is 6.54 Å². The number of carbonyl (C=O) groups is 4. The lowest BCUT2D eigenvalue weighted by Crippen LogP contribution is -2.52. The van der Waals surface area contributed by atoms with Crippen LogP contribution in [0, 0.1) is 31.6 Å². The SMILES string of the molecule is Cc1ccc(C(=O)CN(C(=O)c2ccc(Cl)cc2)N2C(=O)[C@H]3C[C@@H](C)CC[C@H]3C2=O)cc1C. The van der Waals surface area contributed by atoms with Gasteiger partial charge in [-0.1, -0.05) is 30.7 Å². The molecule has 3 amide bonds. The van der Waals surface area contributed by atoms with E-state index in [4.69, 9.17) is 11.6 Å². The Hall–Kier alpha value is -2.99. The lowest BCUT2D eigenvalue weighted by molar-refractivity contribution is -0.154. The van der Waals surface area contributed by atoms with Crippen molar-refractivity contribution < 1.29 is 19.2 Å². The van der Waals surface area contributed by atoms with Gasteiger partial charge in [0, 0.05) is 16.1 Å². The molecule has 3 atom stereocenters. The van der Waals surface area contributed by atoms with Crippen molar-refractivity contribution in [1.82, 2.24) is 10.0 Å². The van der Waals surface area contributed by atoms with Gasteiger partial charge in [-0.05, 0) is 80.5 Å². The molecule has 0 aromatic heterocycles. The van der Waals surface area contributed by atoms with E-state index in [1.807, 2.05) is 19.9 Å². The van der Waals surface area contributed by atoms with Crippen LogP contribution >= 0.6 is 11.6 Å². The molecule has 2 aromatic carbocycles. The number of Topliss-reactive ketones (excluding diaryl/α,β-unsaturated/α-hetero) is 1. The average molecular weight is 467 g/mol. The summed E-state index contributed by atoms with van der Waals surface area (Å²) in [6.07, 6.45) is 2.08. The van der Waals surface area contributed by atoms with Gasteiger partial charge >= 0.3 is 0 Å². The molecule has 172 valence electrons. The molecular formula is C26H27ClN2O4. The Bertz CT molecular complexity index is 1130. The summed E-state index contributed by atoms with van der Waals surface area (Å²) in [7, 11) is 0. The number of rotatable bonds is 5. The van der Waals surface area contributed by atoms with Crippen molar-refractivity contribution >= 4 is 35.1 Å². The van der Waals surface area contributed by atoms with Crippen molar-refractivity contribution in [3.8, 4) is 0 Å². The van der Waals surface area contributed by atoms with Crippen molar-refractivity contribution in [3.63, 3.8) is 0 Å². The topological polar surface area (TPSA) is 74.8 Å². The number of amides is 3. The molecule has 0 unspecified atom stereocenters. The number of nitrogens with zero attached hydrogens (tertiary/aromatic N) is 2. The van der Waals surface area contributed by atoms with Crippen molar-refractivity contribution in [3.05, 3.63) is 69.7 Å². The number of ketones is 1. The van der Waals surface area contributed by atoms with Gasteiger partial charge in [-0.2, -0.15) is 5.01 Å². The molecule has 1 saturated carbocycles. The molecule has 1 saturated heterocycles. The standard InChI is InChI=1S/C26H27ClN2O4/c1-15-4-11-21-22(12-15)26(33)29(25(21)32)28(24(31)18-7-9-20(27)10-8-18)14-23(30)19-6-5-16(2)17(3)13-19/h5-10,13,15,21-22H,4,11-12,14H2,1-3H3/t15-,21+,22-/m0/s1. The van der Waals surface area contributed by atoms with Gasteiger partial charge in [-0.25, -0.2) is 5.01 Å². The Morgan fingerprint density at radius 2 is 1.58 bits per heavy atom. The third-order valence-electron chi connectivity index (χ3n) is 6.85. The van der Waals surface area contributed by atoms with Gasteiger partial charge in [0.2, 0.25) is 0 Å². The summed E-state index contributed by atoms with van der Waals surface area (Å²) in [5.74, 6) is -2.27. The van der Waals surface area contributed by atoms with Gasteiger partial charge in [0.15, 0.2) is 5.78 Å². The van der Waals surface area contributed by atoms with Crippen LogP contribution in [0.1, 0.15) is 58.0 Å². The summed E-state index contributed by atoms with van der Waals surface area (Å²) in [5.41, 5.74) is 2.67. The first-order valence-corrected chi connectivity index (χ1v) is 11.6. The van der Waals surface area contributed by atoms with Crippen molar-refractivity contribution in [2.24, 2.45) is 17.8 Å². The first kappa shape index (κ1) is 23.2. The minimum Gasteiger partial charge on any atom is -0.292 e. The summed E-state index contributed by atoms with van der Waals surface area (Å²) in [6.45, 7) is 5.51. The minimum atomic E-state index is -0.586. The number of halogens is 1. The number of imide groups is 1. The van der Waals surface area contributed by atoms with Crippen LogP contribution in [0.25, 0.3) is 0 Å². The predicted molar refractivity (Wildman–Crippen MR) is 125 cm³/mol. The maximum atomic E-state index is 13.5. The molecule has 2 fully saturated rings. The van der Waals surface area contributed by atoms with Gasteiger partial charge in [0.25, 0.3) is 17.7 Å². The molecule has 0 radical (unpaired) electrons. The highest BCUT2D eigenvalue weighted by Crippen LogP contribution is 2.41. The molecule has 4 rings (SSSR count). The number of hydrogen-bond acceptors (Lipinski definition) is 4. The molecule has 1 heterocycles. The van der Waals surface area contributed by atoms with Crippen molar-refractivity contribution in [1.29, 1.82) is 0 Å². The molecule has 1 aliphatic heterocycles. The van der Waals surface area contributed by atoms with E-state index in [0.29, 0.717) is 29.3 Å². The van der Waals surface area contributed by atoms with Gasteiger partial charge in [-0.3, -0.25) is 19.2 Å². The van der Waals surface area contributed by atoms with E-state index in [2.05, 4.69) is 6.92 Å². The average Bonchev–Trinajstić information content (AvgIpc) is 3.03. The second kappa shape index (κ2) is 9.10. The Labute approximate surface area is 198 Å². The summed E-state index contributed by atoms with van der Waals surface area (Å²) in [5, 5.41) is 2.41. The number of hydrazine groups is 1. The van der Waals surface area contributed by atoms with E-state index in [1.165, 1.54) is 12.1 Å². The number of aryl methyl sites for hydroxylation is 2. The van der Waals surface area contributed by atoms with Crippen molar-refractivity contribution in [2.75, 3.05) is 6.54 Å². The van der Waals surface area contributed by atoms with Crippen LogP contribution in [0.4, 0.5) is 0 Å². The quantitative estimate of drug-likeness (QED) is 0.476. The minimum absolute atomic E-state index is 0.246. The Kier molecular flexibility index (Phi) is 6.39. The molecular weight excluding hydrogens is 440 g/mol. The smallest absolute Gasteiger partial charge is 0.273 e. The summed E-state index contributed by atoms with van der Waals surface area (Å²) in [6, 6.07) is 11.5. The molecule has 0 bridgehead atoms. The van der Waals surface area contributed by atoms with Crippen LogP contribution in [-0.4, -0.2) is 40.1 Å². The van der Waals surface area contributed by atoms with E-state index in [-0.39, 0.29) is 11.3 Å². The highest BCUT2D eigenvalue weighted by Gasteiger charge is 2.52. The summed E-state index contributed by atoms with van der Waals surface area (Å²) < 4.78 is 0. The number of hydrogen-bond donors (Lipinski definition) is 0. The Morgan fingerprint density at radius 1 is 0.939 bits per heavy atom. The van der Waals surface area contributed by atoms with E-state index in [0.717, 1.165) is 27.6 Å². The van der Waals surface area contributed by atoms with E-state index >= 15 is 0 Å². The molecule has 33 heavy (non-hydrogen) atoms. The first-order chi connectivity index (χ1) is 15.7. The van der Waals surface area contributed by atoms with E-state index in [9.17, 15) is 19.2 Å². The van der Waals surface area contributed by atoms with Crippen molar-refractivity contribution in [2.45, 2.75) is 40.0 Å². The molecule has 2 aliphatic rings. The zero-order chi connectivity index (χ0) is 23.9. The lowest BCUT2D eigenvalue weighted by atomic mass is 9.76. The number of fused-ring (bicyclic) bond motifs is 1.